The van der Waals surface area contributed by atoms with Gasteiger partial charge in [0, 0.05) is 11.3 Å². The number of pyridine rings is 1. The molecule has 3 rings (SSSR count). The first kappa shape index (κ1) is 17.0. The van der Waals surface area contributed by atoms with Crippen LogP contribution in [0.5, 0.6) is 5.75 Å². The monoisotopic (exact) mass is 358 g/mol. The first-order valence-corrected chi connectivity index (χ1v) is 9.02. The Morgan fingerprint density at radius 1 is 1.00 bits per heavy atom. The van der Waals surface area contributed by atoms with Crippen LogP contribution in [0, 0.1) is 13.8 Å². The van der Waals surface area contributed by atoms with Crippen LogP contribution >= 0.6 is 0 Å². The molecule has 2 aromatic carbocycles. The van der Waals surface area contributed by atoms with Crippen LogP contribution in [-0.2, 0) is 10.0 Å². The Hall–Kier alpha value is -2.80. The van der Waals surface area contributed by atoms with Gasteiger partial charge in [-0.05, 0) is 61.2 Å². The van der Waals surface area contributed by atoms with Gasteiger partial charge in [-0.25, -0.2) is 8.42 Å². The highest BCUT2D eigenvalue weighted by molar-refractivity contribution is 7.90. The SMILES string of the molecule is COc1ccc(S(=O)(=O)n2c(=O)c(C)cc3ccc(N)cc32)c(C)c1. The minimum absolute atomic E-state index is 0.0460. The normalized spacial score (nSPS) is 11.6. The fourth-order valence-electron chi connectivity index (χ4n) is 2.80. The molecule has 0 atom stereocenters. The summed E-state index contributed by atoms with van der Waals surface area (Å²) in [7, 11) is -2.59. The van der Waals surface area contributed by atoms with Gasteiger partial charge in [-0.3, -0.25) is 4.79 Å². The number of benzene rings is 2. The summed E-state index contributed by atoms with van der Waals surface area (Å²) in [6, 6.07) is 11.1. The van der Waals surface area contributed by atoms with Crippen LogP contribution in [0.15, 0.2) is 52.2 Å². The van der Waals surface area contributed by atoms with Gasteiger partial charge in [0.15, 0.2) is 0 Å². The van der Waals surface area contributed by atoms with E-state index in [1.54, 1.807) is 44.2 Å². The number of hydrogen-bond acceptors (Lipinski definition) is 5. The number of rotatable bonds is 3. The molecule has 0 spiro atoms. The lowest BCUT2D eigenvalue weighted by Gasteiger charge is -2.15. The number of nitrogens with zero attached hydrogens (tertiary/aromatic N) is 1. The molecule has 6 nitrogen and oxygen atoms in total. The molecule has 0 unspecified atom stereocenters. The van der Waals surface area contributed by atoms with Crippen molar-refractivity contribution in [3.05, 3.63) is 63.9 Å². The topological polar surface area (TPSA) is 91.4 Å². The summed E-state index contributed by atoms with van der Waals surface area (Å²) in [6.07, 6.45) is 0. The van der Waals surface area contributed by atoms with Crippen molar-refractivity contribution >= 4 is 26.6 Å². The minimum atomic E-state index is -4.10. The molecule has 0 fully saturated rings. The lowest BCUT2D eigenvalue weighted by atomic mass is 10.1. The highest BCUT2D eigenvalue weighted by Crippen LogP contribution is 2.26. The largest absolute Gasteiger partial charge is 0.497 e. The third kappa shape index (κ3) is 2.76. The fourth-order valence-corrected chi connectivity index (χ4v) is 4.48. The maximum absolute atomic E-state index is 13.2. The third-order valence-corrected chi connectivity index (χ3v) is 5.92. The lowest BCUT2D eigenvalue weighted by Crippen LogP contribution is -2.29. The van der Waals surface area contributed by atoms with Gasteiger partial charge in [-0.15, -0.1) is 0 Å². The van der Waals surface area contributed by atoms with E-state index in [4.69, 9.17) is 10.5 Å². The van der Waals surface area contributed by atoms with Crippen LogP contribution in [0.2, 0.25) is 0 Å². The van der Waals surface area contributed by atoms with Crippen LogP contribution in [0.1, 0.15) is 11.1 Å². The zero-order valence-corrected chi connectivity index (χ0v) is 14.9. The standard InChI is InChI=1S/C18H18N2O4S/c1-11-9-15(24-3)6-7-17(11)25(22,23)20-16-10-14(19)5-4-13(16)8-12(2)18(20)21/h4-10H,19H2,1-3H3. The van der Waals surface area contributed by atoms with Crippen molar-refractivity contribution < 1.29 is 13.2 Å². The predicted molar refractivity (Wildman–Crippen MR) is 97.7 cm³/mol. The number of methoxy groups -OCH3 is 1. The fraction of sp³-hybridized carbons (Fsp3) is 0.167. The summed E-state index contributed by atoms with van der Waals surface area (Å²) < 4.78 is 32.4. The Kier molecular flexibility index (Phi) is 4.04. The molecule has 1 heterocycles. The molecule has 2 N–H and O–H groups in total. The van der Waals surface area contributed by atoms with Crippen molar-refractivity contribution in [2.45, 2.75) is 18.7 Å². The molecular formula is C18H18N2O4S. The quantitative estimate of drug-likeness (QED) is 0.726. The molecule has 0 aliphatic heterocycles. The molecule has 130 valence electrons. The Balaban J connectivity index is 2.40. The number of aromatic nitrogens is 1. The van der Waals surface area contributed by atoms with E-state index >= 15 is 0 Å². The van der Waals surface area contributed by atoms with Crippen LogP contribution in [0.3, 0.4) is 0 Å². The average Bonchev–Trinajstić information content (AvgIpc) is 2.55. The van der Waals surface area contributed by atoms with Crippen molar-refractivity contribution in [1.29, 1.82) is 0 Å². The molecule has 0 saturated heterocycles. The molecule has 0 radical (unpaired) electrons. The number of aryl methyl sites for hydroxylation is 2. The number of nitrogens with two attached hydrogens (primary N) is 1. The highest BCUT2D eigenvalue weighted by atomic mass is 32.2. The minimum Gasteiger partial charge on any atom is -0.497 e. The lowest BCUT2D eigenvalue weighted by molar-refractivity contribution is 0.414. The molecule has 3 aromatic rings. The molecule has 0 amide bonds. The third-order valence-electron chi connectivity index (χ3n) is 4.07. The number of hydrogen-bond donors (Lipinski definition) is 1. The van der Waals surface area contributed by atoms with Gasteiger partial charge in [0.1, 0.15) is 5.75 Å². The second-order valence-corrected chi connectivity index (χ2v) is 7.61. The van der Waals surface area contributed by atoms with Crippen LogP contribution in [-0.4, -0.2) is 19.5 Å². The number of fused-ring (bicyclic) bond motifs is 1. The molecule has 25 heavy (non-hydrogen) atoms. The predicted octanol–water partition coefficient (Wildman–Crippen LogP) is 2.45. The Morgan fingerprint density at radius 2 is 1.72 bits per heavy atom. The molecule has 0 aliphatic rings. The highest BCUT2D eigenvalue weighted by Gasteiger charge is 2.24. The molecule has 0 aliphatic carbocycles. The summed E-state index contributed by atoms with van der Waals surface area (Å²) in [5.41, 5.74) is 6.68. The van der Waals surface area contributed by atoms with Gasteiger partial charge in [0.05, 0.1) is 17.5 Å². The van der Waals surface area contributed by atoms with E-state index < -0.39 is 15.6 Å². The number of ether oxygens (including phenoxy) is 1. The second-order valence-electron chi connectivity index (χ2n) is 5.85. The first-order chi connectivity index (χ1) is 11.8. The van der Waals surface area contributed by atoms with Gasteiger partial charge >= 0.3 is 0 Å². The van der Waals surface area contributed by atoms with Crippen LogP contribution < -0.4 is 16.0 Å². The van der Waals surface area contributed by atoms with Gasteiger partial charge in [0.25, 0.3) is 15.6 Å². The van der Waals surface area contributed by atoms with Crippen LogP contribution in [0.25, 0.3) is 10.9 Å². The van der Waals surface area contributed by atoms with Gasteiger partial charge in [-0.1, -0.05) is 6.07 Å². The smallest absolute Gasteiger partial charge is 0.271 e. The first-order valence-electron chi connectivity index (χ1n) is 7.58. The Bertz CT molecular complexity index is 1150. The molecule has 0 saturated carbocycles. The van der Waals surface area contributed by atoms with E-state index in [9.17, 15) is 13.2 Å². The van der Waals surface area contributed by atoms with E-state index in [2.05, 4.69) is 0 Å². The van der Waals surface area contributed by atoms with E-state index in [0.717, 1.165) is 3.97 Å². The Labute approximate surface area is 145 Å². The van der Waals surface area contributed by atoms with Crippen molar-refractivity contribution in [3.63, 3.8) is 0 Å². The van der Waals surface area contributed by atoms with Crippen molar-refractivity contribution in [2.24, 2.45) is 0 Å². The molecule has 0 bridgehead atoms. The van der Waals surface area contributed by atoms with Crippen molar-refractivity contribution in [1.82, 2.24) is 3.97 Å². The summed E-state index contributed by atoms with van der Waals surface area (Å²) in [5.74, 6) is 0.544. The summed E-state index contributed by atoms with van der Waals surface area (Å²) in [6.45, 7) is 3.25. The summed E-state index contributed by atoms with van der Waals surface area (Å²) in [5, 5.41) is 0.626. The maximum Gasteiger partial charge on any atom is 0.271 e. The number of nitrogen functional groups attached to an aromatic ring is 1. The van der Waals surface area contributed by atoms with E-state index in [1.165, 1.54) is 19.2 Å². The maximum atomic E-state index is 13.2. The van der Waals surface area contributed by atoms with E-state index in [1.807, 2.05) is 0 Å². The second kappa shape index (κ2) is 5.93. The van der Waals surface area contributed by atoms with Crippen molar-refractivity contribution in [3.8, 4) is 5.75 Å². The summed E-state index contributed by atoms with van der Waals surface area (Å²) >= 11 is 0. The molecule has 1 aromatic heterocycles. The van der Waals surface area contributed by atoms with E-state index in [0.29, 0.717) is 28.0 Å². The van der Waals surface area contributed by atoms with Crippen LogP contribution in [0.4, 0.5) is 5.69 Å². The van der Waals surface area contributed by atoms with Gasteiger partial charge in [-0.2, -0.15) is 3.97 Å². The molecule has 7 heteroatoms. The van der Waals surface area contributed by atoms with Gasteiger partial charge in [0.2, 0.25) is 0 Å². The number of anilines is 1. The Morgan fingerprint density at radius 3 is 2.36 bits per heavy atom. The van der Waals surface area contributed by atoms with Crippen molar-refractivity contribution in [2.75, 3.05) is 12.8 Å². The average molecular weight is 358 g/mol. The molecular weight excluding hydrogens is 340 g/mol. The van der Waals surface area contributed by atoms with Gasteiger partial charge < -0.3 is 10.5 Å². The zero-order chi connectivity index (χ0) is 18.4. The summed E-state index contributed by atoms with van der Waals surface area (Å²) in [4.78, 5) is 12.7. The van der Waals surface area contributed by atoms with E-state index in [-0.39, 0.29) is 10.4 Å². The zero-order valence-electron chi connectivity index (χ0n) is 14.1.